The van der Waals surface area contributed by atoms with Crippen molar-refractivity contribution in [1.82, 2.24) is 9.62 Å². The molecule has 4 nitrogen and oxygen atoms in total. The Balaban J connectivity index is 2.47. The molecule has 2 rings (SSSR count). The molecule has 0 bridgehead atoms. The van der Waals surface area contributed by atoms with Crippen LogP contribution in [0.15, 0.2) is 17.0 Å². The van der Waals surface area contributed by atoms with E-state index < -0.39 is 20.9 Å². The van der Waals surface area contributed by atoms with Crippen molar-refractivity contribution in [2.45, 2.75) is 30.8 Å². The quantitative estimate of drug-likeness (QED) is 0.841. The molecule has 1 N–H and O–H groups in total. The van der Waals surface area contributed by atoms with Crippen molar-refractivity contribution in [2.24, 2.45) is 0 Å². The summed E-state index contributed by atoms with van der Waals surface area (Å²) in [4.78, 5) is -0.248. The van der Waals surface area contributed by atoms with E-state index in [0.29, 0.717) is 13.1 Å². The summed E-state index contributed by atoms with van der Waals surface area (Å²) >= 11 is 11.4. The zero-order valence-corrected chi connectivity index (χ0v) is 13.4. The number of hydrogen-bond donors (Lipinski definition) is 1. The molecule has 1 fully saturated rings. The number of halogens is 3. The first-order chi connectivity index (χ1) is 9.25. The lowest BCUT2D eigenvalue weighted by atomic mass is 10.2. The van der Waals surface area contributed by atoms with Gasteiger partial charge < -0.3 is 5.32 Å². The van der Waals surface area contributed by atoms with Gasteiger partial charge in [0.25, 0.3) is 0 Å². The number of nitrogens with one attached hydrogen (secondary N) is 1. The fraction of sp³-hybridized carbons (Fsp3) is 0.500. The SMILES string of the molecule is CC1CN(S(=O)(=O)c2ccc(Cl)c(F)c2Cl)C(C)CN1. The van der Waals surface area contributed by atoms with Gasteiger partial charge in [0.15, 0.2) is 5.82 Å². The normalized spacial score (nSPS) is 24.9. The lowest BCUT2D eigenvalue weighted by Gasteiger charge is -2.36. The van der Waals surface area contributed by atoms with Gasteiger partial charge in [-0.1, -0.05) is 23.2 Å². The Morgan fingerprint density at radius 3 is 2.65 bits per heavy atom. The summed E-state index contributed by atoms with van der Waals surface area (Å²) in [7, 11) is -3.85. The number of rotatable bonds is 2. The van der Waals surface area contributed by atoms with Crippen LogP contribution in [0.3, 0.4) is 0 Å². The van der Waals surface area contributed by atoms with Crippen molar-refractivity contribution in [3.05, 3.63) is 28.0 Å². The van der Waals surface area contributed by atoms with Gasteiger partial charge in [-0.2, -0.15) is 4.31 Å². The second-order valence-electron chi connectivity index (χ2n) is 4.91. The third-order valence-electron chi connectivity index (χ3n) is 3.29. The third-order valence-corrected chi connectivity index (χ3v) is 6.09. The van der Waals surface area contributed by atoms with E-state index in [0.717, 1.165) is 0 Å². The van der Waals surface area contributed by atoms with Crippen LogP contribution in [0, 0.1) is 5.82 Å². The topological polar surface area (TPSA) is 49.4 Å². The minimum atomic E-state index is -3.85. The van der Waals surface area contributed by atoms with Crippen molar-refractivity contribution >= 4 is 33.2 Å². The van der Waals surface area contributed by atoms with Gasteiger partial charge in [-0.15, -0.1) is 0 Å². The van der Waals surface area contributed by atoms with E-state index in [1.54, 1.807) is 6.92 Å². The maximum absolute atomic E-state index is 13.7. The maximum Gasteiger partial charge on any atom is 0.245 e. The highest BCUT2D eigenvalue weighted by molar-refractivity contribution is 7.89. The molecule has 1 aromatic carbocycles. The van der Waals surface area contributed by atoms with Crippen LogP contribution in [-0.4, -0.2) is 37.9 Å². The molecule has 1 saturated heterocycles. The summed E-state index contributed by atoms with van der Waals surface area (Å²) < 4.78 is 40.3. The first kappa shape index (κ1) is 16.0. The molecular formula is C12H15Cl2FN2O2S. The van der Waals surface area contributed by atoms with Crippen molar-refractivity contribution in [2.75, 3.05) is 13.1 Å². The summed E-state index contributed by atoms with van der Waals surface area (Å²) in [5, 5.41) is 2.53. The highest BCUT2D eigenvalue weighted by Gasteiger charge is 2.35. The number of hydrogen-bond acceptors (Lipinski definition) is 3. The Bertz CT molecular complexity index is 624. The monoisotopic (exact) mass is 340 g/mol. The van der Waals surface area contributed by atoms with Crippen LogP contribution in [0.2, 0.25) is 10.0 Å². The molecule has 2 unspecified atom stereocenters. The molecule has 8 heteroatoms. The van der Waals surface area contributed by atoms with E-state index in [4.69, 9.17) is 23.2 Å². The zero-order chi connectivity index (χ0) is 15.1. The Morgan fingerprint density at radius 2 is 2.00 bits per heavy atom. The first-order valence-electron chi connectivity index (χ1n) is 6.14. The molecule has 1 aliphatic rings. The van der Waals surface area contributed by atoms with Crippen LogP contribution >= 0.6 is 23.2 Å². The molecule has 0 saturated carbocycles. The molecule has 1 aliphatic heterocycles. The van der Waals surface area contributed by atoms with Crippen LogP contribution in [-0.2, 0) is 10.0 Å². The lowest BCUT2D eigenvalue weighted by Crippen LogP contribution is -2.56. The molecule has 20 heavy (non-hydrogen) atoms. The summed E-state index contributed by atoms with van der Waals surface area (Å²) in [6.07, 6.45) is 0. The minimum absolute atomic E-state index is 0.0249. The Hall–Kier alpha value is -0.400. The van der Waals surface area contributed by atoms with Gasteiger partial charge in [-0.05, 0) is 26.0 Å². The van der Waals surface area contributed by atoms with E-state index in [2.05, 4.69) is 5.32 Å². The lowest BCUT2D eigenvalue weighted by molar-refractivity contribution is 0.244. The van der Waals surface area contributed by atoms with Gasteiger partial charge in [0.05, 0.1) is 10.0 Å². The molecule has 0 aromatic heterocycles. The molecular weight excluding hydrogens is 326 g/mol. The first-order valence-corrected chi connectivity index (χ1v) is 8.33. The summed E-state index contributed by atoms with van der Waals surface area (Å²) in [5.74, 6) is -0.912. The number of benzene rings is 1. The molecule has 0 spiro atoms. The molecule has 0 radical (unpaired) electrons. The minimum Gasteiger partial charge on any atom is -0.311 e. The van der Waals surface area contributed by atoms with Crippen LogP contribution in [0.25, 0.3) is 0 Å². The van der Waals surface area contributed by atoms with Crippen LogP contribution in [0.1, 0.15) is 13.8 Å². The van der Waals surface area contributed by atoms with E-state index in [1.807, 2.05) is 6.92 Å². The highest BCUT2D eigenvalue weighted by atomic mass is 35.5. The Morgan fingerprint density at radius 1 is 1.35 bits per heavy atom. The van der Waals surface area contributed by atoms with Gasteiger partial charge >= 0.3 is 0 Å². The summed E-state index contributed by atoms with van der Waals surface area (Å²) in [6, 6.07) is 2.23. The van der Waals surface area contributed by atoms with Crippen molar-refractivity contribution in [1.29, 1.82) is 0 Å². The smallest absolute Gasteiger partial charge is 0.245 e. The fourth-order valence-electron chi connectivity index (χ4n) is 2.16. The predicted molar refractivity (Wildman–Crippen MR) is 77.2 cm³/mol. The van der Waals surface area contributed by atoms with Crippen molar-refractivity contribution in [3.8, 4) is 0 Å². The van der Waals surface area contributed by atoms with Gasteiger partial charge in [-0.25, -0.2) is 12.8 Å². The molecule has 2 atom stereocenters. The molecule has 0 aliphatic carbocycles. The van der Waals surface area contributed by atoms with E-state index in [1.165, 1.54) is 16.4 Å². The summed E-state index contributed by atoms with van der Waals surface area (Å²) in [6.45, 7) is 4.52. The van der Waals surface area contributed by atoms with E-state index in [9.17, 15) is 12.8 Å². The second kappa shape index (κ2) is 5.77. The van der Waals surface area contributed by atoms with Gasteiger partial charge in [0.1, 0.15) is 4.90 Å². The number of piperazine rings is 1. The van der Waals surface area contributed by atoms with Crippen molar-refractivity contribution < 1.29 is 12.8 Å². The third kappa shape index (κ3) is 2.80. The van der Waals surface area contributed by atoms with Crippen LogP contribution in [0.5, 0.6) is 0 Å². The zero-order valence-electron chi connectivity index (χ0n) is 11.0. The highest BCUT2D eigenvalue weighted by Crippen LogP contribution is 2.32. The average molecular weight is 341 g/mol. The van der Waals surface area contributed by atoms with Crippen molar-refractivity contribution in [3.63, 3.8) is 0 Å². The Kier molecular flexibility index (Phi) is 4.61. The van der Waals surface area contributed by atoms with Gasteiger partial charge in [0.2, 0.25) is 10.0 Å². The molecule has 0 amide bonds. The average Bonchev–Trinajstić information content (AvgIpc) is 2.38. The standard InChI is InChI=1S/C12H15Cl2FN2O2S/c1-7-6-17(8(2)5-16-7)20(18,19)10-4-3-9(13)12(15)11(10)14/h3-4,7-8,16H,5-6H2,1-2H3. The van der Waals surface area contributed by atoms with E-state index in [-0.39, 0.29) is 22.0 Å². The predicted octanol–water partition coefficient (Wildman–Crippen LogP) is 2.50. The molecule has 112 valence electrons. The van der Waals surface area contributed by atoms with Gasteiger partial charge in [0, 0.05) is 25.2 Å². The van der Waals surface area contributed by atoms with Gasteiger partial charge in [-0.3, -0.25) is 0 Å². The molecule has 1 aromatic rings. The largest absolute Gasteiger partial charge is 0.311 e. The Labute approximate surface area is 127 Å². The second-order valence-corrected chi connectivity index (χ2v) is 7.55. The number of nitrogens with zero attached hydrogens (tertiary/aromatic N) is 1. The van der Waals surface area contributed by atoms with Crippen LogP contribution in [0.4, 0.5) is 4.39 Å². The van der Waals surface area contributed by atoms with E-state index >= 15 is 0 Å². The van der Waals surface area contributed by atoms with Crippen LogP contribution < -0.4 is 5.32 Å². The molecule has 1 heterocycles. The number of sulfonamides is 1. The maximum atomic E-state index is 13.7. The summed E-state index contributed by atoms with van der Waals surface area (Å²) in [5.41, 5.74) is 0. The fourth-order valence-corrected chi connectivity index (χ4v) is 4.60.